The average molecular weight is 216 g/mol. The van der Waals surface area contributed by atoms with Crippen LogP contribution in [0.15, 0.2) is 28.9 Å². The van der Waals surface area contributed by atoms with Crippen molar-refractivity contribution in [3.63, 3.8) is 0 Å². The Hall–Kier alpha value is -2.37. The zero-order valence-electron chi connectivity index (χ0n) is 8.25. The topological polar surface area (TPSA) is 85.2 Å². The molecule has 0 unspecified atom stereocenters. The first kappa shape index (κ1) is 8.90. The summed E-state index contributed by atoms with van der Waals surface area (Å²) in [5.74, 6) is -0.207. The van der Waals surface area contributed by atoms with Crippen LogP contribution in [0.25, 0.3) is 0 Å². The van der Waals surface area contributed by atoms with E-state index in [0.717, 1.165) is 5.69 Å². The average Bonchev–Trinajstić information content (AvgIpc) is 2.82. The Bertz CT molecular complexity index is 563. The quantitative estimate of drug-likeness (QED) is 0.713. The van der Waals surface area contributed by atoms with E-state index >= 15 is 0 Å². The van der Waals surface area contributed by atoms with Crippen molar-refractivity contribution in [1.29, 1.82) is 0 Å². The molecule has 1 aliphatic heterocycles. The maximum Gasteiger partial charge on any atom is 0.282 e. The van der Waals surface area contributed by atoms with Crippen molar-refractivity contribution in [2.45, 2.75) is 6.54 Å². The third-order valence-corrected chi connectivity index (χ3v) is 2.49. The fraction of sp³-hybridized carbons (Fsp3) is 0.100. The van der Waals surface area contributed by atoms with Gasteiger partial charge in [-0.05, 0) is 23.4 Å². The number of carbonyl (C=O) groups excluding carboxylic acids is 1. The van der Waals surface area contributed by atoms with Crippen molar-refractivity contribution in [3.8, 4) is 0 Å². The Morgan fingerprint density at radius 3 is 3.00 bits per heavy atom. The molecule has 0 spiro atoms. The fourth-order valence-corrected chi connectivity index (χ4v) is 1.72. The van der Waals surface area contributed by atoms with Crippen LogP contribution >= 0.6 is 0 Å². The van der Waals surface area contributed by atoms with Crippen LogP contribution < -0.4 is 10.6 Å². The Kier molecular flexibility index (Phi) is 1.70. The summed E-state index contributed by atoms with van der Waals surface area (Å²) in [6, 6.07) is 7.12. The molecule has 6 nitrogen and oxygen atoms in total. The van der Waals surface area contributed by atoms with E-state index in [-0.39, 0.29) is 11.6 Å². The molecule has 80 valence electrons. The highest BCUT2D eigenvalue weighted by Gasteiger charge is 2.33. The molecule has 0 atom stereocenters. The molecule has 2 N–H and O–H groups in total. The van der Waals surface area contributed by atoms with Gasteiger partial charge in [0.25, 0.3) is 5.91 Å². The van der Waals surface area contributed by atoms with E-state index in [2.05, 4.69) is 14.9 Å². The molecule has 1 aliphatic rings. The molecule has 1 aromatic heterocycles. The minimum absolute atomic E-state index is 0.207. The number of hydrogen-bond donors (Lipinski definition) is 1. The Labute approximate surface area is 90.6 Å². The monoisotopic (exact) mass is 216 g/mol. The SMILES string of the molecule is Nc1cccc(N2Cc3nonc3C2=O)c1. The Morgan fingerprint density at radius 2 is 2.25 bits per heavy atom. The summed E-state index contributed by atoms with van der Waals surface area (Å²) in [4.78, 5) is 13.5. The van der Waals surface area contributed by atoms with Crippen LogP contribution in [-0.4, -0.2) is 16.2 Å². The van der Waals surface area contributed by atoms with Gasteiger partial charge in [0.1, 0.15) is 5.69 Å². The summed E-state index contributed by atoms with van der Waals surface area (Å²) >= 11 is 0. The summed E-state index contributed by atoms with van der Waals surface area (Å²) in [5.41, 5.74) is 7.86. The first-order chi connectivity index (χ1) is 7.75. The second kappa shape index (κ2) is 3.06. The van der Waals surface area contributed by atoms with Gasteiger partial charge in [0, 0.05) is 11.4 Å². The molecule has 0 saturated carbocycles. The minimum atomic E-state index is -0.207. The van der Waals surface area contributed by atoms with Crippen LogP contribution in [0, 0.1) is 0 Å². The van der Waals surface area contributed by atoms with Crippen molar-refractivity contribution in [2.75, 3.05) is 10.6 Å². The summed E-state index contributed by atoms with van der Waals surface area (Å²) in [6.07, 6.45) is 0. The van der Waals surface area contributed by atoms with Gasteiger partial charge >= 0.3 is 0 Å². The molecular weight excluding hydrogens is 208 g/mol. The molecule has 0 radical (unpaired) electrons. The molecule has 2 heterocycles. The number of hydrogen-bond acceptors (Lipinski definition) is 5. The third-order valence-electron chi connectivity index (χ3n) is 2.49. The number of benzene rings is 1. The molecule has 1 amide bonds. The van der Waals surface area contributed by atoms with Gasteiger partial charge in [0.15, 0.2) is 5.69 Å². The second-order valence-corrected chi connectivity index (χ2v) is 3.55. The van der Waals surface area contributed by atoms with Crippen LogP contribution in [0.2, 0.25) is 0 Å². The van der Waals surface area contributed by atoms with Crippen LogP contribution in [0.3, 0.4) is 0 Å². The van der Waals surface area contributed by atoms with Gasteiger partial charge in [-0.25, -0.2) is 4.63 Å². The van der Waals surface area contributed by atoms with E-state index in [9.17, 15) is 4.79 Å². The van der Waals surface area contributed by atoms with Crippen molar-refractivity contribution in [2.24, 2.45) is 0 Å². The number of amides is 1. The molecule has 16 heavy (non-hydrogen) atoms. The van der Waals surface area contributed by atoms with Crippen LogP contribution in [0.1, 0.15) is 16.2 Å². The van der Waals surface area contributed by atoms with Crippen molar-refractivity contribution in [1.82, 2.24) is 10.3 Å². The minimum Gasteiger partial charge on any atom is -0.399 e. The maximum atomic E-state index is 11.9. The largest absolute Gasteiger partial charge is 0.399 e. The van der Waals surface area contributed by atoms with E-state index in [1.807, 2.05) is 6.07 Å². The number of nitrogens with zero attached hydrogens (tertiary/aromatic N) is 3. The number of anilines is 2. The molecule has 0 fully saturated rings. The first-order valence-electron chi connectivity index (χ1n) is 4.74. The summed E-state index contributed by atoms with van der Waals surface area (Å²) < 4.78 is 4.49. The van der Waals surface area contributed by atoms with E-state index in [1.165, 1.54) is 0 Å². The highest BCUT2D eigenvalue weighted by atomic mass is 16.6. The third kappa shape index (κ3) is 1.16. The molecule has 0 bridgehead atoms. The summed E-state index contributed by atoms with van der Waals surface area (Å²) in [5, 5.41) is 7.23. The Morgan fingerprint density at radius 1 is 1.38 bits per heavy atom. The second-order valence-electron chi connectivity index (χ2n) is 3.55. The molecule has 2 aromatic rings. The van der Waals surface area contributed by atoms with Gasteiger partial charge < -0.3 is 10.6 Å². The normalized spacial score (nSPS) is 14.2. The standard InChI is InChI=1S/C10H8N4O2/c11-6-2-1-3-7(4-6)14-5-8-9(10(14)15)13-16-12-8/h1-4H,5,11H2. The van der Waals surface area contributed by atoms with Gasteiger partial charge in [-0.1, -0.05) is 11.2 Å². The number of nitrogen functional groups attached to an aromatic ring is 1. The number of rotatable bonds is 1. The van der Waals surface area contributed by atoms with E-state index in [4.69, 9.17) is 5.73 Å². The number of nitrogens with two attached hydrogens (primary N) is 1. The maximum absolute atomic E-state index is 11.9. The molecule has 6 heteroatoms. The van der Waals surface area contributed by atoms with E-state index in [0.29, 0.717) is 17.9 Å². The van der Waals surface area contributed by atoms with Crippen molar-refractivity contribution < 1.29 is 9.42 Å². The lowest BCUT2D eigenvalue weighted by molar-refractivity contribution is 0.0984. The molecule has 0 aliphatic carbocycles. The smallest absolute Gasteiger partial charge is 0.282 e. The van der Waals surface area contributed by atoms with Gasteiger partial charge in [-0.15, -0.1) is 0 Å². The predicted octanol–water partition coefficient (Wildman–Crippen LogP) is 0.812. The lowest BCUT2D eigenvalue weighted by Gasteiger charge is -2.15. The van der Waals surface area contributed by atoms with Crippen LogP contribution in [-0.2, 0) is 6.54 Å². The number of fused-ring (bicyclic) bond motifs is 1. The molecular formula is C10H8N4O2. The number of carbonyl (C=O) groups is 1. The highest BCUT2D eigenvalue weighted by molar-refractivity contribution is 6.08. The predicted molar refractivity (Wildman–Crippen MR) is 55.7 cm³/mol. The van der Waals surface area contributed by atoms with Crippen LogP contribution in [0.4, 0.5) is 11.4 Å². The lowest BCUT2D eigenvalue weighted by Crippen LogP contribution is -2.23. The van der Waals surface area contributed by atoms with Crippen molar-refractivity contribution in [3.05, 3.63) is 35.7 Å². The van der Waals surface area contributed by atoms with Gasteiger partial charge in [-0.3, -0.25) is 4.79 Å². The fourth-order valence-electron chi connectivity index (χ4n) is 1.72. The first-order valence-corrected chi connectivity index (χ1v) is 4.74. The van der Waals surface area contributed by atoms with Gasteiger partial charge in [0.2, 0.25) is 0 Å². The number of aromatic nitrogens is 2. The van der Waals surface area contributed by atoms with Crippen molar-refractivity contribution >= 4 is 17.3 Å². The zero-order chi connectivity index (χ0) is 11.1. The van der Waals surface area contributed by atoms with E-state index in [1.54, 1.807) is 23.1 Å². The summed E-state index contributed by atoms with van der Waals surface area (Å²) in [7, 11) is 0. The molecule has 1 aromatic carbocycles. The van der Waals surface area contributed by atoms with Gasteiger partial charge in [-0.2, -0.15) is 0 Å². The highest BCUT2D eigenvalue weighted by Crippen LogP contribution is 2.26. The molecule has 3 rings (SSSR count). The van der Waals surface area contributed by atoms with Crippen LogP contribution in [0.5, 0.6) is 0 Å². The van der Waals surface area contributed by atoms with E-state index < -0.39 is 0 Å². The van der Waals surface area contributed by atoms with Gasteiger partial charge in [0.05, 0.1) is 6.54 Å². The summed E-state index contributed by atoms with van der Waals surface area (Å²) in [6.45, 7) is 0.376. The molecule has 0 saturated heterocycles. The Balaban J connectivity index is 2.00. The lowest BCUT2D eigenvalue weighted by atomic mass is 10.2. The zero-order valence-corrected chi connectivity index (χ0v) is 8.25.